The van der Waals surface area contributed by atoms with E-state index in [-0.39, 0.29) is 6.42 Å². The second-order valence-electron chi connectivity index (χ2n) is 4.53. The minimum Gasteiger partial charge on any atom is -0.481 e. The smallest absolute Gasteiger partial charge is 0.312 e. The quantitative estimate of drug-likeness (QED) is 0.539. The number of hydrogen-bond acceptors (Lipinski definition) is 6. The number of carboxylic acids is 1. The SMILES string of the molecule is COCCN(C)C1=CC=C(NC(O)OC)C[C@@H]1C(=O)O. The van der Waals surface area contributed by atoms with E-state index in [0.29, 0.717) is 24.5 Å². The zero-order valence-corrected chi connectivity index (χ0v) is 12.0. The molecule has 1 rings (SSSR count). The Bertz CT molecular complexity index is 394. The minimum absolute atomic E-state index is 0.277. The number of likely N-dealkylation sites (N-methyl/N-ethyl adjacent to an activating group) is 1. The Labute approximate surface area is 118 Å². The molecular weight excluding hydrogens is 264 g/mol. The predicted octanol–water partition coefficient (Wildman–Crippen LogP) is -0.0512. The van der Waals surface area contributed by atoms with Crippen LogP contribution < -0.4 is 5.32 Å². The molecule has 114 valence electrons. The molecule has 0 aromatic heterocycles. The van der Waals surface area contributed by atoms with Crippen molar-refractivity contribution < 1.29 is 24.5 Å². The van der Waals surface area contributed by atoms with Gasteiger partial charge in [-0.15, -0.1) is 0 Å². The van der Waals surface area contributed by atoms with Crippen LogP contribution in [0.3, 0.4) is 0 Å². The molecule has 1 aliphatic rings. The van der Waals surface area contributed by atoms with Crippen LogP contribution in [-0.4, -0.2) is 61.9 Å². The third-order valence-electron chi connectivity index (χ3n) is 3.14. The maximum Gasteiger partial charge on any atom is 0.312 e. The largest absolute Gasteiger partial charge is 0.481 e. The highest BCUT2D eigenvalue weighted by Crippen LogP contribution is 2.26. The van der Waals surface area contributed by atoms with Gasteiger partial charge in [0.15, 0.2) is 0 Å². The van der Waals surface area contributed by atoms with Crippen molar-refractivity contribution in [2.24, 2.45) is 5.92 Å². The Hall–Kier alpha value is -1.57. The third kappa shape index (κ3) is 4.52. The molecule has 1 aliphatic carbocycles. The lowest BCUT2D eigenvalue weighted by atomic mass is 9.93. The third-order valence-corrected chi connectivity index (χ3v) is 3.14. The van der Waals surface area contributed by atoms with Gasteiger partial charge >= 0.3 is 5.97 Å². The fourth-order valence-corrected chi connectivity index (χ4v) is 1.98. The van der Waals surface area contributed by atoms with Crippen LogP contribution in [0.25, 0.3) is 0 Å². The number of ether oxygens (including phenoxy) is 2. The van der Waals surface area contributed by atoms with Crippen molar-refractivity contribution in [1.29, 1.82) is 0 Å². The number of nitrogens with one attached hydrogen (secondary N) is 1. The summed E-state index contributed by atoms with van der Waals surface area (Å²) in [6.07, 6.45) is 2.62. The van der Waals surface area contributed by atoms with Gasteiger partial charge in [0.2, 0.25) is 6.41 Å². The predicted molar refractivity (Wildman–Crippen MR) is 72.6 cm³/mol. The van der Waals surface area contributed by atoms with Gasteiger partial charge in [0.1, 0.15) is 5.92 Å². The van der Waals surface area contributed by atoms with E-state index in [9.17, 15) is 15.0 Å². The Balaban J connectivity index is 2.81. The summed E-state index contributed by atoms with van der Waals surface area (Å²) in [4.78, 5) is 13.3. The van der Waals surface area contributed by atoms with Crippen molar-refractivity contribution in [3.63, 3.8) is 0 Å². The van der Waals surface area contributed by atoms with Crippen molar-refractivity contribution in [2.45, 2.75) is 12.8 Å². The summed E-state index contributed by atoms with van der Waals surface area (Å²) in [5.41, 5.74) is 1.34. The standard InChI is InChI=1S/C13H22N2O5/c1-15(6-7-19-2)11-5-4-9(14-13(18)20-3)8-10(11)12(16)17/h4-5,10,13-14,18H,6-8H2,1-3H3,(H,16,17)/t10-,13?/m0/s1. The molecule has 0 bridgehead atoms. The molecule has 3 N–H and O–H groups in total. The topological polar surface area (TPSA) is 91.3 Å². The van der Waals surface area contributed by atoms with E-state index in [1.165, 1.54) is 7.11 Å². The lowest BCUT2D eigenvalue weighted by molar-refractivity contribution is -0.141. The van der Waals surface area contributed by atoms with E-state index < -0.39 is 18.3 Å². The van der Waals surface area contributed by atoms with Crippen molar-refractivity contribution in [3.05, 3.63) is 23.5 Å². The first kappa shape index (κ1) is 16.5. The molecule has 7 heteroatoms. The van der Waals surface area contributed by atoms with E-state index in [0.717, 1.165) is 0 Å². The average molecular weight is 286 g/mol. The van der Waals surface area contributed by atoms with Crippen LogP contribution in [0, 0.1) is 5.92 Å². The molecule has 1 unspecified atom stereocenters. The molecule has 7 nitrogen and oxygen atoms in total. The molecule has 0 fully saturated rings. The number of aliphatic hydroxyl groups is 1. The van der Waals surface area contributed by atoms with Gasteiger partial charge in [0.05, 0.1) is 6.61 Å². The molecule has 0 heterocycles. The van der Waals surface area contributed by atoms with Crippen molar-refractivity contribution in [3.8, 4) is 0 Å². The number of allylic oxidation sites excluding steroid dienone is 3. The molecular formula is C13H22N2O5. The summed E-state index contributed by atoms with van der Waals surface area (Å²) in [6.45, 7) is 1.14. The van der Waals surface area contributed by atoms with E-state index in [4.69, 9.17) is 4.74 Å². The number of nitrogens with zero attached hydrogens (tertiary/aromatic N) is 1. The molecule has 0 aromatic carbocycles. The zero-order chi connectivity index (χ0) is 15.1. The molecule has 0 amide bonds. The molecule has 2 atom stereocenters. The fourth-order valence-electron chi connectivity index (χ4n) is 1.98. The lowest BCUT2D eigenvalue weighted by Gasteiger charge is -2.30. The first-order chi connectivity index (χ1) is 9.49. The maximum absolute atomic E-state index is 11.4. The lowest BCUT2D eigenvalue weighted by Crippen LogP contribution is -2.36. The van der Waals surface area contributed by atoms with Gasteiger partial charge in [-0.05, 0) is 12.2 Å². The molecule has 0 aromatic rings. The zero-order valence-electron chi connectivity index (χ0n) is 12.0. The highest BCUT2D eigenvalue weighted by Gasteiger charge is 2.28. The van der Waals surface area contributed by atoms with Gasteiger partial charge in [0, 0.05) is 45.6 Å². The first-order valence-corrected chi connectivity index (χ1v) is 6.30. The summed E-state index contributed by atoms with van der Waals surface area (Å²) in [5, 5.41) is 21.4. The van der Waals surface area contributed by atoms with Crippen LogP contribution >= 0.6 is 0 Å². The first-order valence-electron chi connectivity index (χ1n) is 6.30. The number of methoxy groups -OCH3 is 2. The van der Waals surface area contributed by atoms with Gasteiger partial charge in [-0.3, -0.25) is 4.79 Å². The summed E-state index contributed by atoms with van der Waals surface area (Å²) in [5.74, 6) is -1.56. The number of carbonyl (C=O) groups is 1. The fraction of sp³-hybridized carbons (Fsp3) is 0.615. The van der Waals surface area contributed by atoms with Crippen LogP contribution in [0.5, 0.6) is 0 Å². The molecule has 0 aliphatic heterocycles. The normalized spacial score (nSPS) is 19.9. The van der Waals surface area contributed by atoms with E-state index >= 15 is 0 Å². The maximum atomic E-state index is 11.4. The summed E-state index contributed by atoms with van der Waals surface area (Å²) in [6, 6.07) is 0. The number of rotatable bonds is 8. The van der Waals surface area contributed by atoms with Gasteiger partial charge in [-0.25, -0.2) is 0 Å². The Morgan fingerprint density at radius 2 is 2.25 bits per heavy atom. The van der Waals surface area contributed by atoms with Crippen molar-refractivity contribution in [2.75, 3.05) is 34.4 Å². The Morgan fingerprint density at radius 1 is 1.55 bits per heavy atom. The van der Waals surface area contributed by atoms with Gasteiger partial charge in [-0.1, -0.05) is 0 Å². The van der Waals surface area contributed by atoms with Crippen LogP contribution in [0.4, 0.5) is 0 Å². The number of hydrogen-bond donors (Lipinski definition) is 3. The van der Waals surface area contributed by atoms with E-state index in [2.05, 4.69) is 10.1 Å². The van der Waals surface area contributed by atoms with E-state index in [1.54, 1.807) is 19.3 Å². The van der Waals surface area contributed by atoms with Crippen LogP contribution in [0.1, 0.15) is 6.42 Å². The molecule has 0 saturated carbocycles. The Morgan fingerprint density at radius 3 is 2.80 bits per heavy atom. The monoisotopic (exact) mass is 286 g/mol. The Kier molecular flexibility index (Phi) is 6.50. The highest BCUT2D eigenvalue weighted by molar-refractivity contribution is 5.74. The van der Waals surface area contributed by atoms with Crippen molar-refractivity contribution in [1.82, 2.24) is 10.2 Å². The summed E-state index contributed by atoms with van der Waals surface area (Å²) < 4.78 is 9.68. The second kappa shape index (κ2) is 7.88. The van der Waals surface area contributed by atoms with E-state index in [1.807, 2.05) is 11.9 Å². The average Bonchev–Trinajstić information content (AvgIpc) is 2.44. The number of aliphatic carboxylic acids is 1. The van der Waals surface area contributed by atoms with Gasteiger partial charge in [0.25, 0.3) is 0 Å². The number of aliphatic hydroxyl groups excluding tert-OH is 1. The summed E-state index contributed by atoms with van der Waals surface area (Å²) >= 11 is 0. The highest BCUT2D eigenvalue weighted by atomic mass is 16.6. The van der Waals surface area contributed by atoms with Crippen LogP contribution in [-0.2, 0) is 14.3 Å². The molecule has 0 radical (unpaired) electrons. The number of carboxylic acid groups (broad SMARTS) is 1. The molecule has 0 spiro atoms. The minimum atomic E-state index is -1.14. The van der Waals surface area contributed by atoms with Gasteiger partial charge < -0.3 is 29.9 Å². The second-order valence-corrected chi connectivity index (χ2v) is 4.53. The molecule has 0 saturated heterocycles. The van der Waals surface area contributed by atoms with Crippen molar-refractivity contribution >= 4 is 5.97 Å². The summed E-state index contributed by atoms with van der Waals surface area (Å²) in [7, 11) is 4.79. The van der Waals surface area contributed by atoms with Gasteiger partial charge in [-0.2, -0.15) is 0 Å². The van der Waals surface area contributed by atoms with Crippen LogP contribution in [0.15, 0.2) is 23.5 Å². The molecule has 20 heavy (non-hydrogen) atoms. The van der Waals surface area contributed by atoms with Crippen LogP contribution in [0.2, 0.25) is 0 Å².